The van der Waals surface area contributed by atoms with Crippen molar-refractivity contribution < 1.29 is 34.1 Å². The fourth-order valence-electron chi connectivity index (χ4n) is 9.21. The Morgan fingerprint density at radius 1 is 1.03 bits per heavy atom. The first kappa shape index (κ1) is 24.8. The fraction of sp³-hybridized carbons (Fsp3) is 0.633. The number of fused-ring (bicyclic) bond motifs is 5. The maximum Gasteiger partial charge on any atom is 0.338 e. The van der Waals surface area contributed by atoms with Crippen LogP contribution in [0.25, 0.3) is 0 Å². The fourth-order valence-corrected chi connectivity index (χ4v) is 9.21. The van der Waals surface area contributed by atoms with E-state index in [4.69, 9.17) is 9.47 Å². The standard InChI is InChI=1S/C30H36O7/c1-27-11-8-23-24(30(27,35)14-10-22(27)20-15-25(32)36-17-20)9-13-29(34)16-21(7-12-28(23,29)18-31)37-26(33)19-5-3-2-4-6-19/h2-6,15,18,21-24,34-35H,7-14,16-17H2,1H3/t21-,22+,23-,24+,27+,28-,29-,30-/m0/s1. The number of esters is 2. The second-order valence-electron chi connectivity index (χ2n) is 12.4. The van der Waals surface area contributed by atoms with Crippen LogP contribution >= 0.6 is 0 Å². The molecule has 1 aliphatic heterocycles. The predicted molar refractivity (Wildman–Crippen MR) is 133 cm³/mol. The summed E-state index contributed by atoms with van der Waals surface area (Å²) in [6, 6.07) is 8.82. The minimum absolute atomic E-state index is 0.0750. The van der Waals surface area contributed by atoms with Gasteiger partial charge in [-0.2, -0.15) is 0 Å². The van der Waals surface area contributed by atoms with Crippen molar-refractivity contribution in [3.05, 3.63) is 47.5 Å². The summed E-state index contributed by atoms with van der Waals surface area (Å²) in [7, 11) is 0. The first-order valence-corrected chi connectivity index (χ1v) is 13.7. The Morgan fingerprint density at radius 3 is 2.49 bits per heavy atom. The highest BCUT2D eigenvalue weighted by molar-refractivity contribution is 5.89. The first-order valence-electron chi connectivity index (χ1n) is 13.7. The van der Waals surface area contributed by atoms with Crippen LogP contribution in [0.4, 0.5) is 0 Å². The van der Waals surface area contributed by atoms with Crippen molar-refractivity contribution in [2.24, 2.45) is 28.6 Å². The number of rotatable bonds is 4. The van der Waals surface area contributed by atoms with Crippen LogP contribution in [0.15, 0.2) is 42.0 Å². The van der Waals surface area contributed by atoms with Crippen LogP contribution in [-0.2, 0) is 19.1 Å². The van der Waals surface area contributed by atoms with Crippen LogP contribution in [0.1, 0.15) is 75.1 Å². The van der Waals surface area contributed by atoms with Crippen LogP contribution in [0.5, 0.6) is 0 Å². The lowest BCUT2D eigenvalue weighted by Gasteiger charge is -2.65. The molecule has 0 spiro atoms. The molecule has 7 nitrogen and oxygen atoms in total. The molecule has 1 aromatic rings. The number of cyclic esters (lactones) is 1. The Bertz CT molecular complexity index is 1150. The lowest BCUT2D eigenvalue weighted by Crippen LogP contribution is -2.69. The molecule has 0 bridgehead atoms. The molecule has 0 unspecified atom stereocenters. The third kappa shape index (κ3) is 3.42. The highest BCUT2D eigenvalue weighted by Gasteiger charge is 2.71. The molecule has 2 N–H and O–H groups in total. The molecule has 0 saturated heterocycles. The summed E-state index contributed by atoms with van der Waals surface area (Å²) in [6.07, 6.45) is 7.14. The highest BCUT2D eigenvalue weighted by atomic mass is 16.5. The molecule has 198 valence electrons. The Balaban J connectivity index is 1.25. The van der Waals surface area contributed by atoms with Gasteiger partial charge in [0.1, 0.15) is 19.0 Å². The molecule has 8 atom stereocenters. The summed E-state index contributed by atoms with van der Waals surface area (Å²) in [4.78, 5) is 37.3. The van der Waals surface area contributed by atoms with Gasteiger partial charge in [-0.1, -0.05) is 25.1 Å². The number of hydrogen-bond donors (Lipinski definition) is 2. The van der Waals surface area contributed by atoms with Crippen molar-refractivity contribution in [1.29, 1.82) is 0 Å². The normalized spacial score (nSPS) is 44.6. The van der Waals surface area contributed by atoms with Crippen molar-refractivity contribution >= 4 is 18.2 Å². The summed E-state index contributed by atoms with van der Waals surface area (Å²) < 4.78 is 11.0. The van der Waals surface area contributed by atoms with Crippen LogP contribution < -0.4 is 0 Å². The van der Waals surface area contributed by atoms with Gasteiger partial charge < -0.3 is 24.5 Å². The number of carbonyl (C=O) groups is 3. The monoisotopic (exact) mass is 508 g/mol. The van der Waals surface area contributed by atoms with Gasteiger partial charge in [-0.25, -0.2) is 9.59 Å². The van der Waals surface area contributed by atoms with E-state index in [2.05, 4.69) is 6.92 Å². The Labute approximate surface area is 217 Å². The van der Waals surface area contributed by atoms with E-state index < -0.39 is 34.1 Å². The average Bonchev–Trinajstić information content (AvgIpc) is 3.43. The molecular formula is C30H36O7. The third-order valence-electron chi connectivity index (χ3n) is 11.1. The van der Waals surface area contributed by atoms with E-state index in [0.717, 1.165) is 31.1 Å². The number of benzene rings is 1. The van der Waals surface area contributed by atoms with Gasteiger partial charge in [0.25, 0.3) is 0 Å². The second-order valence-corrected chi connectivity index (χ2v) is 12.4. The largest absolute Gasteiger partial charge is 0.459 e. The number of aldehydes is 1. The van der Waals surface area contributed by atoms with E-state index in [1.807, 2.05) is 6.07 Å². The van der Waals surface area contributed by atoms with Crippen molar-refractivity contribution in [2.45, 2.75) is 82.0 Å². The van der Waals surface area contributed by atoms with Crippen LogP contribution in [0, 0.1) is 28.6 Å². The van der Waals surface area contributed by atoms with Gasteiger partial charge in [-0.15, -0.1) is 0 Å². The van der Waals surface area contributed by atoms with Gasteiger partial charge in [0.2, 0.25) is 0 Å². The number of ether oxygens (including phenoxy) is 2. The smallest absolute Gasteiger partial charge is 0.338 e. The van der Waals surface area contributed by atoms with Crippen LogP contribution in [0.2, 0.25) is 0 Å². The zero-order chi connectivity index (χ0) is 26.1. The third-order valence-corrected chi connectivity index (χ3v) is 11.1. The second kappa shape index (κ2) is 8.50. The van der Waals surface area contributed by atoms with Crippen LogP contribution in [0.3, 0.4) is 0 Å². The maximum absolute atomic E-state index is 12.9. The van der Waals surface area contributed by atoms with Gasteiger partial charge in [-0.3, -0.25) is 0 Å². The van der Waals surface area contributed by atoms with E-state index in [-0.39, 0.29) is 30.1 Å². The number of hydrogen-bond acceptors (Lipinski definition) is 7. The summed E-state index contributed by atoms with van der Waals surface area (Å²) >= 11 is 0. The minimum atomic E-state index is -1.27. The zero-order valence-electron chi connectivity index (χ0n) is 21.4. The molecule has 0 aromatic heterocycles. The molecule has 4 aliphatic carbocycles. The molecule has 37 heavy (non-hydrogen) atoms. The number of carbonyl (C=O) groups excluding carboxylic acids is 3. The quantitative estimate of drug-likeness (QED) is 0.471. The predicted octanol–water partition coefficient (Wildman–Crippen LogP) is 3.76. The van der Waals surface area contributed by atoms with E-state index in [1.54, 1.807) is 30.3 Å². The molecule has 4 saturated carbocycles. The summed E-state index contributed by atoms with van der Waals surface area (Å²) in [6.45, 7) is 2.43. The highest BCUT2D eigenvalue weighted by Crippen LogP contribution is 2.70. The lowest BCUT2D eigenvalue weighted by atomic mass is 9.41. The topological polar surface area (TPSA) is 110 Å². The molecule has 7 heteroatoms. The molecule has 4 fully saturated rings. The van der Waals surface area contributed by atoms with Crippen molar-refractivity contribution in [1.82, 2.24) is 0 Å². The molecule has 1 aromatic carbocycles. The van der Waals surface area contributed by atoms with Gasteiger partial charge in [-0.05, 0) is 86.8 Å². The van der Waals surface area contributed by atoms with E-state index in [0.29, 0.717) is 44.3 Å². The maximum atomic E-state index is 12.9. The van der Waals surface area contributed by atoms with Gasteiger partial charge >= 0.3 is 11.9 Å². The summed E-state index contributed by atoms with van der Waals surface area (Å²) in [5, 5.41) is 24.3. The van der Waals surface area contributed by atoms with Gasteiger partial charge in [0.15, 0.2) is 0 Å². The Kier molecular flexibility index (Phi) is 5.70. The van der Waals surface area contributed by atoms with E-state index in [9.17, 15) is 24.6 Å². The van der Waals surface area contributed by atoms with E-state index in [1.165, 1.54) is 0 Å². The van der Waals surface area contributed by atoms with Gasteiger partial charge in [0, 0.05) is 17.9 Å². The molecule has 6 rings (SSSR count). The first-order chi connectivity index (χ1) is 17.7. The molecule has 0 radical (unpaired) electrons. The summed E-state index contributed by atoms with van der Waals surface area (Å²) in [5.74, 6) is -0.892. The average molecular weight is 509 g/mol. The Hall–Kier alpha value is -2.51. The van der Waals surface area contributed by atoms with Gasteiger partial charge in [0.05, 0.1) is 22.2 Å². The molecule has 5 aliphatic rings. The Morgan fingerprint density at radius 2 is 1.78 bits per heavy atom. The van der Waals surface area contributed by atoms with Crippen molar-refractivity contribution in [3.8, 4) is 0 Å². The molecular weight excluding hydrogens is 472 g/mol. The van der Waals surface area contributed by atoms with Crippen molar-refractivity contribution in [2.75, 3.05) is 6.61 Å². The SMILES string of the molecule is C[C@]12CC[C@H]3[C@@H](CC[C@]4(O)C[C@@H](OC(=O)c5ccccc5)CC[C@]34C=O)[C@@]1(O)CC[C@@H]2C1=CC(=O)OC1. The summed E-state index contributed by atoms with van der Waals surface area (Å²) in [5.41, 5.74) is -2.17. The number of aliphatic hydroxyl groups is 2. The zero-order valence-corrected chi connectivity index (χ0v) is 21.4. The van der Waals surface area contributed by atoms with Crippen molar-refractivity contribution in [3.63, 3.8) is 0 Å². The molecule has 1 heterocycles. The van der Waals surface area contributed by atoms with Crippen LogP contribution in [-0.4, -0.2) is 52.4 Å². The lowest BCUT2D eigenvalue weighted by molar-refractivity contribution is -0.248. The van der Waals surface area contributed by atoms with E-state index >= 15 is 0 Å². The molecule has 0 amide bonds. The minimum Gasteiger partial charge on any atom is -0.459 e.